The van der Waals surface area contributed by atoms with Gasteiger partial charge in [-0.25, -0.2) is 0 Å². The van der Waals surface area contributed by atoms with Crippen LogP contribution in [0.3, 0.4) is 0 Å². The standard InChI is InChI=1S/C34H37F3N4O7/c1-3-47-31(42)14-10-23-9-13-29(30(19-23)46-2)48-26-15-17-39(18-16-26)22-33(43,34(35,36)37)32-27-12-11-25(41(44)45)20-28(27)40(38-32)21-24-7-5-4-6-8-24/h4-9,11-13,19-20,26,43H,3,10,14-18,21-22H2,1-2H3. The Hall–Kier alpha value is -4.69. The van der Waals surface area contributed by atoms with Gasteiger partial charge in [0.15, 0.2) is 11.5 Å². The number of rotatable bonds is 13. The van der Waals surface area contributed by atoms with Gasteiger partial charge < -0.3 is 19.3 Å². The minimum absolute atomic E-state index is 0.0210. The van der Waals surface area contributed by atoms with Gasteiger partial charge in [-0.1, -0.05) is 36.4 Å². The van der Waals surface area contributed by atoms with Crippen molar-refractivity contribution in [2.75, 3.05) is 33.4 Å². The van der Waals surface area contributed by atoms with E-state index in [2.05, 4.69) is 5.10 Å². The summed E-state index contributed by atoms with van der Waals surface area (Å²) in [6.07, 6.45) is -3.96. The second-order valence-electron chi connectivity index (χ2n) is 11.7. The zero-order valence-corrected chi connectivity index (χ0v) is 26.6. The van der Waals surface area contributed by atoms with Crippen molar-refractivity contribution in [2.24, 2.45) is 0 Å². The molecule has 2 heterocycles. The van der Waals surface area contributed by atoms with Gasteiger partial charge in [0.05, 0.1) is 30.7 Å². The maximum Gasteiger partial charge on any atom is 0.424 e. The first-order chi connectivity index (χ1) is 22.9. The number of likely N-dealkylation sites (tertiary alicyclic amines) is 1. The van der Waals surface area contributed by atoms with E-state index in [4.69, 9.17) is 14.2 Å². The Bertz CT molecular complexity index is 1740. The third-order valence-electron chi connectivity index (χ3n) is 8.41. The summed E-state index contributed by atoms with van der Waals surface area (Å²) in [5, 5.41) is 27.2. The van der Waals surface area contributed by atoms with Crippen molar-refractivity contribution >= 4 is 22.6 Å². The van der Waals surface area contributed by atoms with Crippen LogP contribution in [0.2, 0.25) is 0 Å². The Kier molecular flexibility index (Phi) is 10.5. The number of ether oxygens (including phenoxy) is 3. The van der Waals surface area contributed by atoms with Gasteiger partial charge in [-0.3, -0.25) is 24.5 Å². The number of nitrogens with zero attached hydrogens (tertiary/aromatic N) is 4. The SMILES string of the molecule is CCOC(=O)CCc1ccc(OC2CCN(CC(O)(c3nn(Cc4ccccc4)c4cc([N+](=O)[O-])ccc34)C(F)(F)F)CC2)c(OC)c1. The summed E-state index contributed by atoms with van der Waals surface area (Å²) in [6, 6.07) is 17.7. The molecule has 0 spiro atoms. The monoisotopic (exact) mass is 670 g/mol. The van der Waals surface area contributed by atoms with Crippen LogP contribution in [0.4, 0.5) is 18.9 Å². The van der Waals surface area contributed by atoms with Crippen molar-refractivity contribution in [3.8, 4) is 11.5 Å². The molecule has 48 heavy (non-hydrogen) atoms. The molecule has 1 aliphatic heterocycles. The number of hydrogen-bond donors (Lipinski definition) is 1. The van der Waals surface area contributed by atoms with Crippen LogP contribution in [0.5, 0.6) is 11.5 Å². The molecule has 1 N–H and O–H groups in total. The minimum atomic E-state index is -5.11. The van der Waals surface area contributed by atoms with Gasteiger partial charge in [-0.2, -0.15) is 18.3 Å². The lowest BCUT2D eigenvalue weighted by atomic mass is 9.93. The Labute approximate surface area is 275 Å². The van der Waals surface area contributed by atoms with E-state index in [1.165, 1.54) is 28.8 Å². The van der Waals surface area contributed by atoms with Crippen molar-refractivity contribution in [1.29, 1.82) is 0 Å². The highest BCUT2D eigenvalue weighted by Crippen LogP contribution is 2.43. The number of piperidine rings is 1. The molecule has 1 unspecified atom stereocenters. The minimum Gasteiger partial charge on any atom is -0.493 e. The quantitative estimate of drug-likeness (QED) is 0.107. The van der Waals surface area contributed by atoms with Crippen molar-refractivity contribution in [3.05, 3.63) is 93.7 Å². The van der Waals surface area contributed by atoms with Crippen LogP contribution < -0.4 is 9.47 Å². The molecule has 0 aliphatic carbocycles. The lowest BCUT2D eigenvalue weighted by Crippen LogP contribution is -2.53. The van der Waals surface area contributed by atoms with Gasteiger partial charge in [-0.05, 0) is 55.5 Å². The molecule has 14 heteroatoms. The third kappa shape index (κ3) is 7.71. The van der Waals surface area contributed by atoms with Crippen LogP contribution in [-0.2, 0) is 28.1 Å². The Morgan fingerprint density at radius 3 is 2.42 bits per heavy atom. The summed E-state index contributed by atoms with van der Waals surface area (Å²) in [7, 11) is 1.50. The summed E-state index contributed by atoms with van der Waals surface area (Å²) < 4.78 is 62.4. The van der Waals surface area contributed by atoms with Gasteiger partial charge in [0.1, 0.15) is 11.8 Å². The van der Waals surface area contributed by atoms with E-state index in [1.807, 2.05) is 6.07 Å². The van der Waals surface area contributed by atoms with Gasteiger partial charge in [0.25, 0.3) is 5.69 Å². The molecule has 0 saturated carbocycles. The number of esters is 1. The number of fused-ring (bicyclic) bond motifs is 1. The van der Waals surface area contributed by atoms with Gasteiger partial charge in [0.2, 0.25) is 5.60 Å². The van der Waals surface area contributed by atoms with E-state index in [9.17, 15) is 33.2 Å². The number of nitro groups is 1. The number of alkyl halides is 3. The molecule has 0 radical (unpaired) electrons. The van der Waals surface area contributed by atoms with E-state index >= 15 is 0 Å². The molecule has 1 fully saturated rings. The van der Waals surface area contributed by atoms with Crippen molar-refractivity contribution in [1.82, 2.24) is 14.7 Å². The van der Waals surface area contributed by atoms with E-state index in [0.29, 0.717) is 37.4 Å². The molecule has 11 nitrogen and oxygen atoms in total. The zero-order chi connectivity index (χ0) is 34.5. The first kappa shape index (κ1) is 34.6. The number of methoxy groups -OCH3 is 1. The average Bonchev–Trinajstić information content (AvgIpc) is 3.43. The smallest absolute Gasteiger partial charge is 0.424 e. The van der Waals surface area contributed by atoms with E-state index in [-0.39, 0.29) is 54.7 Å². The predicted molar refractivity (Wildman–Crippen MR) is 170 cm³/mol. The lowest BCUT2D eigenvalue weighted by Gasteiger charge is -2.38. The molecule has 0 bridgehead atoms. The maximum atomic E-state index is 14.8. The highest BCUT2D eigenvalue weighted by atomic mass is 19.4. The number of nitro benzene ring substituents is 1. The fourth-order valence-electron chi connectivity index (χ4n) is 5.89. The van der Waals surface area contributed by atoms with E-state index in [0.717, 1.165) is 17.2 Å². The summed E-state index contributed by atoms with van der Waals surface area (Å²) >= 11 is 0. The highest BCUT2D eigenvalue weighted by molar-refractivity contribution is 5.85. The molecule has 256 valence electrons. The molecular weight excluding hydrogens is 633 g/mol. The van der Waals surface area contributed by atoms with E-state index in [1.54, 1.807) is 49.4 Å². The van der Waals surface area contributed by atoms with Crippen LogP contribution >= 0.6 is 0 Å². The van der Waals surface area contributed by atoms with Crippen molar-refractivity contribution in [3.63, 3.8) is 0 Å². The molecule has 1 saturated heterocycles. The first-order valence-corrected chi connectivity index (χ1v) is 15.6. The number of benzene rings is 3. The summed E-state index contributed by atoms with van der Waals surface area (Å²) in [5.41, 5.74) is -2.58. The normalized spacial score (nSPS) is 15.6. The molecule has 1 atom stereocenters. The molecule has 1 aliphatic rings. The van der Waals surface area contributed by atoms with Crippen LogP contribution in [0, 0.1) is 10.1 Å². The maximum absolute atomic E-state index is 14.8. The predicted octanol–water partition coefficient (Wildman–Crippen LogP) is 5.79. The molecule has 0 amide bonds. The lowest BCUT2D eigenvalue weighted by molar-refractivity contribution is -0.384. The zero-order valence-electron chi connectivity index (χ0n) is 26.6. The number of aryl methyl sites for hydroxylation is 1. The molecule has 3 aromatic carbocycles. The second-order valence-corrected chi connectivity index (χ2v) is 11.7. The van der Waals surface area contributed by atoms with Crippen molar-refractivity contribution in [2.45, 2.75) is 57.0 Å². The van der Waals surface area contributed by atoms with E-state index < -0.39 is 28.9 Å². The average molecular weight is 671 g/mol. The Morgan fingerprint density at radius 2 is 1.77 bits per heavy atom. The molecule has 1 aromatic heterocycles. The van der Waals surface area contributed by atoms with Gasteiger partial charge in [-0.15, -0.1) is 0 Å². The fraction of sp³-hybridized carbons (Fsp3) is 0.412. The Balaban J connectivity index is 1.32. The molecule has 4 aromatic rings. The van der Waals surface area contributed by atoms with Crippen LogP contribution in [-0.4, -0.2) is 76.3 Å². The summed E-state index contributed by atoms with van der Waals surface area (Å²) in [6.45, 7) is 1.73. The number of aliphatic hydroxyl groups is 1. The Morgan fingerprint density at radius 1 is 1.04 bits per heavy atom. The molecular formula is C34H37F3N4O7. The summed E-state index contributed by atoms with van der Waals surface area (Å²) in [5.74, 6) is 0.661. The van der Waals surface area contributed by atoms with Crippen LogP contribution in [0.25, 0.3) is 10.9 Å². The number of β-amino-alcohol motifs (C(OH)–C–C–N with tert-alkyl or cyclic N) is 1. The summed E-state index contributed by atoms with van der Waals surface area (Å²) in [4.78, 5) is 24.1. The number of carbonyl (C=O) groups is 1. The highest BCUT2D eigenvalue weighted by Gasteiger charge is 2.58. The van der Waals surface area contributed by atoms with Gasteiger partial charge >= 0.3 is 12.1 Å². The number of halogens is 3. The molecule has 5 rings (SSSR count). The number of carbonyl (C=O) groups excluding carboxylic acids is 1. The van der Waals surface area contributed by atoms with Crippen LogP contribution in [0.15, 0.2) is 66.7 Å². The number of hydrogen-bond acceptors (Lipinski definition) is 9. The first-order valence-electron chi connectivity index (χ1n) is 15.6. The van der Waals surface area contributed by atoms with Gasteiger partial charge in [0, 0.05) is 43.6 Å². The topological polar surface area (TPSA) is 129 Å². The third-order valence-corrected chi connectivity index (χ3v) is 8.41. The van der Waals surface area contributed by atoms with Crippen molar-refractivity contribution < 1.29 is 42.2 Å². The number of aromatic nitrogens is 2. The largest absolute Gasteiger partial charge is 0.493 e. The second kappa shape index (κ2) is 14.6. The number of non-ortho nitro benzene ring substituents is 1. The fourth-order valence-corrected chi connectivity index (χ4v) is 5.89. The van der Waals surface area contributed by atoms with Crippen LogP contribution in [0.1, 0.15) is 43.0 Å².